The molecule has 0 aromatic carbocycles. The Morgan fingerprint density at radius 2 is 2.00 bits per heavy atom. The standard InChI is InChI=1S/C23H26N8O2S/c1-10-8-14-17-20(34-12(3)26-17)11(2)31(5)19(14)21(25-10)27-15-9-16(28-22(32)13-6-7-13)29-30-18(15)23(33)24-4/h8-9,11,13H,6-7H2,1-5H3,(H,24,33)(H2,25,27,28,29,32)/t11-/m1/s1/i4D3. The van der Waals surface area contributed by atoms with E-state index in [1.165, 1.54) is 6.07 Å². The van der Waals surface area contributed by atoms with Gasteiger partial charge in [-0.1, -0.05) is 0 Å². The van der Waals surface area contributed by atoms with Crippen LogP contribution in [-0.4, -0.2) is 46.0 Å². The summed E-state index contributed by atoms with van der Waals surface area (Å²) in [5.74, 6) is -0.587. The summed E-state index contributed by atoms with van der Waals surface area (Å²) >= 11 is 1.65. The molecule has 10 nitrogen and oxygen atoms in total. The third-order valence-electron chi connectivity index (χ3n) is 6.02. The van der Waals surface area contributed by atoms with Gasteiger partial charge < -0.3 is 20.9 Å². The third-order valence-corrected chi connectivity index (χ3v) is 7.17. The number of amides is 2. The van der Waals surface area contributed by atoms with Crippen LogP contribution in [0.1, 0.15) is 56.0 Å². The highest BCUT2D eigenvalue weighted by atomic mass is 32.1. The Balaban J connectivity index is 1.60. The Morgan fingerprint density at radius 1 is 1.21 bits per heavy atom. The summed E-state index contributed by atoms with van der Waals surface area (Å²) in [6.07, 6.45) is 1.62. The lowest BCUT2D eigenvalue weighted by atomic mass is 9.99. The highest BCUT2D eigenvalue weighted by Crippen LogP contribution is 2.49. The second kappa shape index (κ2) is 8.32. The number of hydrogen-bond acceptors (Lipinski definition) is 9. The fourth-order valence-corrected chi connectivity index (χ4v) is 5.09. The van der Waals surface area contributed by atoms with Crippen molar-refractivity contribution >= 4 is 46.2 Å². The fourth-order valence-electron chi connectivity index (χ4n) is 4.06. The van der Waals surface area contributed by atoms with Gasteiger partial charge in [0.25, 0.3) is 5.91 Å². The van der Waals surface area contributed by atoms with Gasteiger partial charge in [0.15, 0.2) is 17.3 Å². The van der Waals surface area contributed by atoms with Crippen molar-refractivity contribution in [2.75, 3.05) is 29.6 Å². The van der Waals surface area contributed by atoms with Crippen molar-refractivity contribution in [3.8, 4) is 11.3 Å². The van der Waals surface area contributed by atoms with Gasteiger partial charge in [-0.25, -0.2) is 9.97 Å². The number of pyridine rings is 1. The SMILES string of the molecule is [2H]C([2H])([2H])NC(=O)c1nnc(NC(=O)C2CC2)cc1Nc1nc(C)cc2c1N(C)[C@H](C)c1sc(C)nc1-2. The number of aromatic nitrogens is 4. The maximum Gasteiger partial charge on any atom is 0.273 e. The summed E-state index contributed by atoms with van der Waals surface area (Å²) in [7, 11) is 1.96. The van der Waals surface area contributed by atoms with Gasteiger partial charge in [0.2, 0.25) is 5.91 Å². The molecular weight excluding hydrogens is 452 g/mol. The van der Waals surface area contributed by atoms with E-state index < -0.39 is 12.9 Å². The Hall–Kier alpha value is -3.60. The van der Waals surface area contributed by atoms with Gasteiger partial charge in [0.1, 0.15) is 0 Å². The topological polar surface area (TPSA) is 125 Å². The van der Waals surface area contributed by atoms with Crippen molar-refractivity contribution < 1.29 is 13.7 Å². The van der Waals surface area contributed by atoms with E-state index in [4.69, 9.17) is 14.1 Å². The minimum Gasteiger partial charge on any atom is -0.363 e. The molecule has 11 heteroatoms. The summed E-state index contributed by atoms with van der Waals surface area (Å²) < 4.78 is 22.2. The molecule has 176 valence electrons. The monoisotopic (exact) mass is 481 g/mol. The summed E-state index contributed by atoms with van der Waals surface area (Å²) in [5, 5.41) is 16.7. The van der Waals surface area contributed by atoms with Crippen molar-refractivity contribution in [3.63, 3.8) is 0 Å². The molecule has 1 atom stereocenters. The van der Waals surface area contributed by atoms with Crippen LogP contribution in [0.4, 0.5) is 23.0 Å². The van der Waals surface area contributed by atoms with Gasteiger partial charge in [-0.05, 0) is 39.7 Å². The van der Waals surface area contributed by atoms with Gasteiger partial charge in [0, 0.05) is 41.4 Å². The number of hydrogen-bond donors (Lipinski definition) is 3. The van der Waals surface area contributed by atoms with Crippen LogP contribution in [0.5, 0.6) is 0 Å². The van der Waals surface area contributed by atoms with Crippen molar-refractivity contribution in [1.82, 2.24) is 25.5 Å². The smallest absolute Gasteiger partial charge is 0.273 e. The molecule has 3 N–H and O–H groups in total. The van der Waals surface area contributed by atoms with Crippen LogP contribution in [0.15, 0.2) is 12.1 Å². The number of anilines is 4. The first-order chi connectivity index (χ1) is 17.4. The molecule has 0 radical (unpaired) electrons. The van der Waals surface area contributed by atoms with Crippen LogP contribution < -0.4 is 20.9 Å². The predicted molar refractivity (Wildman–Crippen MR) is 132 cm³/mol. The third kappa shape index (κ3) is 3.85. The lowest BCUT2D eigenvalue weighted by Crippen LogP contribution is -2.27. The normalized spacial score (nSPS) is 18.2. The van der Waals surface area contributed by atoms with Crippen molar-refractivity contribution in [2.45, 2.75) is 39.7 Å². The summed E-state index contributed by atoms with van der Waals surface area (Å²) in [5.41, 5.74) is 3.20. The zero-order valence-corrected chi connectivity index (χ0v) is 20.0. The van der Waals surface area contributed by atoms with Crippen LogP contribution >= 0.6 is 11.3 Å². The molecule has 0 unspecified atom stereocenters. The average Bonchev–Trinajstić information content (AvgIpc) is 3.57. The van der Waals surface area contributed by atoms with Gasteiger partial charge in [-0.15, -0.1) is 21.5 Å². The Labute approximate surface area is 205 Å². The zero-order valence-electron chi connectivity index (χ0n) is 22.2. The van der Waals surface area contributed by atoms with E-state index in [2.05, 4.69) is 32.7 Å². The molecule has 1 aliphatic heterocycles. The van der Waals surface area contributed by atoms with Gasteiger partial charge in [-0.3, -0.25) is 9.59 Å². The number of carbonyl (C=O) groups is 2. The number of rotatable bonds is 5. The van der Waals surface area contributed by atoms with Gasteiger partial charge in [-0.2, -0.15) is 0 Å². The lowest BCUT2D eigenvalue weighted by molar-refractivity contribution is -0.117. The molecule has 3 aromatic rings. The van der Waals surface area contributed by atoms with Crippen molar-refractivity contribution in [2.24, 2.45) is 5.92 Å². The molecule has 0 bridgehead atoms. The van der Waals surface area contributed by atoms with E-state index in [9.17, 15) is 9.59 Å². The molecule has 1 fully saturated rings. The van der Waals surface area contributed by atoms with E-state index in [0.29, 0.717) is 5.82 Å². The first kappa shape index (κ1) is 18.8. The predicted octanol–water partition coefficient (Wildman–Crippen LogP) is 3.57. The molecule has 2 amide bonds. The van der Waals surface area contributed by atoms with E-state index in [-0.39, 0.29) is 35.1 Å². The first-order valence-electron chi connectivity index (χ1n) is 12.4. The second-order valence-electron chi connectivity index (χ2n) is 8.58. The number of carbonyl (C=O) groups excluding carboxylic acids is 2. The van der Waals surface area contributed by atoms with Crippen LogP contribution in [0.25, 0.3) is 11.3 Å². The molecule has 3 aromatic heterocycles. The van der Waals surface area contributed by atoms with Crippen molar-refractivity contribution in [1.29, 1.82) is 0 Å². The molecule has 2 aliphatic rings. The van der Waals surface area contributed by atoms with Crippen LogP contribution in [0.3, 0.4) is 0 Å². The molecule has 0 saturated heterocycles. The molecule has 1 saturated carbocycles. The number of fused-ring (bicyclic) bond motifs is 3. The quantitative estimate of drug-likeness (QED) is 0.505. The number of aryl methyl sites for hydroxylation is 2. The Morgan fingerprint density at radius 3 is 2.74 bits per heavy atom. The number of nitrogens with zero attached hydrogens (tertiary/aromatic N) is 5. The fraction of sp³-hybridized carbons (Fsp3) is 0.391. The van der Waals surface area contributed by atoms with E-state index in [1.54, 1.807) is 11.3 Å². The molecule has 5 rings (SSSR count). The van der Waals surface area contributed by atoms with E-state index in [1.807, 2.05) is 32.3 Å². The molecule has 1 aliphatic carbocycles. The summed E-state index contributed by atoms with van der Waals surface area (Å²) in [6.45, 7) is 3.19. The number of thiazole rings is 1. The van der Waals surface area contributed by atoms with Crippen molar-refractivity contribution in [3.05, 3.63) is 33.4 Å². The minimum absolute atomic E-state index is 0.0287. The highest BCUT2D eigenvalue weighted by molar-refractivity contribution is 7.12. The molecule has 4 heterocycles. The van der Waals surface area contributed by atoms with Gasteiger partial charge >= 0.3 is 0 Å². The zero-order chi connectivity index (χ0) is 26.6. The average molecular weight is 482 g/mol. The first-order valence-corrected chi connectivity index (χ1v) is 11.7. The van der Waals surface area contributed by atoms with Crippen LogP contribution in [-0.2, 0) is 4.79 Å². The molecule has 0 spiro atoms. The molecule has 34 heavy (non-hydrogen) atoms. The second-order valence-corrected chi connectivity index (χ2v) is 9.81. The summed E-state index contributed by atoms with van der Waals surface area (Å²) in [4.78, 5) is 37.8. The Kier molecular flexibility index (Phi) is 4.59. The van der Waals surface area contributed by atoms with Gasteiger partial charge in [0.05, 0.1) is 33.0 Å². The minimum atomic E-state index is -2.72. The van der Waals surface area contributed by atoms with Crippen LogP contribution in [0, 0.1) is 19.8 Å². The number of nitrogens with one attached hydrogen (secondary N) is 3. The van der Waals surface area contributed by atoms with E-state index >= 15 is 0 Å². The van der Waals surface area contributed by atoms with E-state index in [0.717, 1.165) is 45.4 Å². The summed E-state index contributed by atoms with van der Waals surface area (Å²) in [6, 6.07) is 3.46. The van der Waals surface area contributed by atoms with Crippen LogP contribution in [0.2, 0.25) is 0 Å². The highest BCUT2D eigenvalue weighted by Gasteiger charge is 2.33. The largest absolute Gasteiger partial charge is 0.363 e. The molecular formula is C23H26N8O2S. The lowest BCUT2D eigenvalue weighted by Gasteiger charge is -2.34. The Bertz CT molecular complexity index is 1420. The maximum atomic E-state index is 12.8. The maximum absolute atomic E-state index is 12.8.